The number of rotatable bonds is 4. The lowest BCUT2D eigenvalue weighted by Gasteiger charge is -2.27. The summed E-state index contributed by atoms with van der Waals surface area (Å²) in [6.07, 6.45) is 6.14. The zero-order valence-corrected chi connectivity index (χ0v) is 22.7. The molecule has 0 bridgehead atoms. The molecule has 0 radical (unpaired) electrons. The summed E-state index contributed by atoms with van der Waals surface area (Å²) in [5.41, 5.74) is 14.7. The number of halogens is 2. The van der Waals surface area contributed by atoms with E-state index in [1.165, 1.54) is 24.6 Å². The Hall–Kier alpha value is -4.21. The number of aryl methyl sites for hydroxylation is 1. The van der Waals surface area contributed by atoms with E-state index >= 15 is 0 Å². The van der Waals surface area contributed by atoms with Crippen molar-refractivity contribution >= 4 is 34.7 Å². The van der Waals surface area contributed by atoms with Gasteiger partial charge in [0.2, 0.25) is 0 Å². The molecule has 0 unspecified atom stereocenters. The predicted octanol–water partition coefficient (Wildman–Crippen LogP) is 4.91. The second-order valence-electron chi connectivity index (χ2n) is 9.62. The minimum absolute atomic E-state index is 0.00152. The fourth-order valence-electron chi connectivity index (χ4n) is 4.43. The zero-order valence-electron chi connectivity index (χ0n) is 22.7. The third kappa shape index (κ3) is 7.22. The maximum Gasteiger partial charge on any atom is 0.258 e. The highest BCUT2D eigenvalue weighted by atomic mass is 19.1. The molecule has 7 N–H and O–H groups in total. The lowest BCUT2D eigenvalue weighted by atomic mass is 9.96. The number of guanidine groups is 2. The Morgan fingerprint density at radius 2 is 1.49 bits per heavy atom. The number of hydrogen-bond acceptors (Lipinski definition) is 3. The number of benzene rings is 2. The van der Waals surface area contributed by atoms with Crippen molar-refractivity contribution < 1.29 is 13.6 Å². The van der Waals surface area contributed by atoms with Crippen LogP contribution in [0.2, 0.25) is 0 Å². The van der Waals surface area contributed by atoms with Gasteiger partial charge < -0.3 is 26.6 Å². The van der Waals surface area contributed by atoms with Gasteiger partial charge in [0.25, 0.3) is 5.91 Å². The molecule has 2 aliphatic rings. The molecule has 2 aliphatic heterocycles. The molecule has 10 heteroatoms. The van der Waals surface area contributed by atoms with Crippen LogP contribution in [0.15, 0.2) is 42.5 Å². The molecular weight excluding hydrogens is 500 g/mol. The number of nitrogens with zero attached hydrogens (tertiary/aromatic N) is 2. The maximum atomic E-state index is 15.0. The van der Waals surface area contributed by atoms with Crippen LogP contribution < -0.4 is 16.8 Å². The van der Waals surface area contributed by atoms with Crippen LogP contribution in [0.4, 0.5) is 14.5 Å². The first-order valence-electron chi connectivity index (χ1n) is 13.0. The summed E-state index contributed by atoms with van der Waals surface area (Å²) in [6.45, 7) is 8.00. The zero-order chi connectivity index (χ0) is 28.7. The van der Waals surface area contributed by atoms with E-state index in [1.807, 2.05) is 12.2 Å². The molecular formula is C29H37F2N7O. The Morgan fingerprint density at radius 1 is 0.923 bits per heavy atom. The summed E-state index contributed by atoms with van der Waals surface area (Å²) in [4.78, 5) is 16.2. The molecule has 0 aromatic heterocycles. The molecule has 0 atom stereocenters. The number of nitrogens with two attached hydrogens (primary N) is 2. The van der Waals surface area contributed by atoms with Crippen LogP contribution in [0, 0.1) is 29.4 Å². The van der Waals surface area contributed by atoms with E-state index in [-0.39, 0.29) is 23.2 Å². The predicted molar refractivity (Wildman–Crippen MR) is 154 cm³/mol. The van der Waals surface area contributed by atoms with Gasteiger partial charge in [0.1, 0.15) is 11.6 Å². The van der Waals surface area contributed by atoms with Crippen LogP contribution in [0.1, 0.15) is 60.2 Å². The summed E-state index contributed by atoms with van der Waals surface area (Å²) in [5.74, 6) is -1.84. The average molecular weight is 538 g/mol. The molecule has 208 valence electrons. The first-order valence-corrected chi connectivity index (χ1v) is 13.0. The van der Waals surface area contributed by atoms with Crippen molar-refractivity contribution in [3.63, 3.8) is 0 Å². The molecule has 2 aromatic carbocycles. The minimum atomic E-state index is -0.669. The quantitative estimate of drug-likeness (QED) is 0.279. The lowest BCUT2D eigenvalue weighted by molar-refractivity contribution is 0.102. The molecule has 0 saturated carbocycles. The van der Waals surface area contributed by atoms with E-state index in [0.29, 0.717) is 55.7 Å². The Balaban J connectivity index is 0.00000134. The van der Waals surface area contributed by atoms with E-state index in [1.54, 1.807) is 28.9 Å². The molecule has 2 aromatic rings. The highest BCUT2D eigenvalue weighted by Crippen LogP contribution is 2.30. The van der Waals surface area contributed by atoms with Gasteiger partial charge in [0.15, 0.2) is 11.9 Å². The van der Waals surface area contributed by atoms with Crippen LogP contribution in [0.5, 0.6) is 0 Å². The average Bonchev–Trinajstić information content (AvgIpc) is 2.91. The van der Waals surface area contributed by atoms with Crippen LogP contribution in [-0.2, 0) is 0 Å². The van der Waals surface area contributed by atoms with Gasteiger partial charge in [-0.05, 0) is 66.3 Å². The summed E-state index contributed by atoms with van der Waals surface area (Å²) in [5, 5.41) is 17.7. The molecule has 2 heterocycles. The molecule has 0 saturated heterocycles. The largest absolute Gasteiger partial charge is 0.370 e. The van der Waals surface area contributed by atoms with Crippen LogP contribution in [0.3, 0.4) is 0 Å². The molecule has 0 spiro atoms. The summed E-state index contributed by atoms with van der Waals surface area (Å²) in [7, 11) is 0. The molecule has 8 nitrogen and oxygen atoms in total. The van der Waals surface area contributed by atoms with Gasteiger partial charge >= 0.3 is 0 Å². The standard InChI is InChI=1S/C26H29F2N7O.C3H8/c1-15-12-20(17-6-10-35(11-7-17)26(31)32)22(28)14-23(15)33-24(36)19-3-2-18(13-21(19)27)16-4-8-34(9-5-16)25(29)30;1-3-2/h2-4,6,12-14H,5,7-11H2,1H3,(H3,29,30)(H3,31,32)(H,33,36);3H2,1-2H3. The smallest absolute Gasteiger partial charge is 0.258 e. The number of anilines is 1. The molecule has 0 fully saturated rings. The van der Waals surface area contributed by atoms with Crippen LogP contribution in [0.25, 0.3) is 11.1 Å². The summed E-state index contributed by atoms with van der Waals surface area (Å²) < 4.78 is 29.8. The number of carbonyl (C=O) groups excluding carboxylic acids is 1. The molecule has 1 amide bonds. The van der Waals surface area contributed by atoms with Gasteiger partial charge in [0.05, 0.1) is 5.56 Å². The van der Waals surface area contributed by atoms with E-state index in [9.17, 15) is 13.6 Å². The maximum absolute atomic E-state index is 15.0. The second kappa shape index (κ2) is 13.0. The Bertz CT molecular complexity index is 1320. The van der Waals surface area contributed by atoms with Gasteiger partial charge in [-0.25, -0.2) is 8.78 Å². The summed E-state index contributed by atoms with van der Waals surface area (Å²) >= 11 is 0. The van der Waals surface area contributed by atoms with Crippen molar-refractivity contribution in [2.45, 2.75) is 40.0 Å². The number of nitrogens with one attached hydrogen (secondary N) is 3. The fraction of sp³-hybridized carbons (Fsp3) is 0.345. The SMILES string of the molecule is CCC.Cc1cc(C2=CCN(C(=N)N)CC2)c(F)cc1NC(=O)c1ccc(C2=CCN(C(=N)N)CC2)cc1F. The Kier molecular flexibility index (Phi) is 9.81. The highest BCUT2D eigenvalue weighted by molar-refractivity contribution is 6.05. The monoisotopic (exact) mass is 537 g/mol. The number of carbonyl (C=O) groups is 1. The summed E-state index contributed by atoms with van der Waals surface area (Å²) in [6, 6.07) is 7.34. The third-order valence-corrected chi connectivity index (χ3v) is 6.59. The first-order chi connectivity index (χ1) is 18.5. The van der Waals surface area contributed by atoms with Crippen molar-refractivity contribution in [2.75, 3.05) is 31.5 Å². The fourth-order valence-corrected chi connectivity index (χ4v) is 4.43. The highest BCUT2D eigenvalue weighted by Gasteiger charge is 2.20. The first kappa shape index (κ1) is 29.3. The van der Waals surface area contributed by atoms with E-state index in [2.05, 4.69) is 19.2 Å². The molecule has 39 heavy (non-hydrogen) atoms. The van der Waals surface area contributed by atoms with E-state index < -0.39 is 17.5 Å². The van der Waals surface area contributed by atoms with Crippen molar-refractivity contribution in [3.8, 4) is 0 Å². The van der Waals surface area contributed by atoms with E-state index in [4.69, 9.17) is 22.3 Å². The van der Waals surface area contributed by atoms with E-state index in [0.717, 1.165) is 11.1 Å². The second-order valence-corrected chi connectivity index (χ2v) is 9.62. The Morgan fingerprint density at radius 3 is 1.97 bits per heavy atom. The topological polar surface area (TPSA) is 135 Å². The van der Waals surface area contributed by atoms with Crippen LogP contribution in [-0.4, -0.2) is 53.8 Å². The third-order valence-electron chi connectivity index (χ3n) is 6.59. The van der Waals surface area contributed by atoms with Crippen molar-refractivity contribution in [2.24, 2.45) is 11.5 Å². The van der Waals surface area contributed by atoms with Crippen LogP contribution >= 0.6 is 0 Å². The van der Waals surface area contributed by atoms with Gasteiger partial charge in [-0.2, -0.15) is 0 Å². The Labute approximate surface area is 228 Å². The van der Waals surface area contributed by atoms with Crippen molar-refractivity contribution in [3.05, 3.63) is 76.4 Å². The molecule has 4 rings (SSSR count). The van der Waals surface area contributed by atoms with Crippen molar-refractivity contribution in [1.82, 2.24) is 9.80 Å². The van der Waals surface area contributed by atoms with Gasteiger partial charge in [0, 0.05) is 37.4 Å². The number of amides is 1. The van der Waals surface area contributed by atoms with Gasteiger partial charge in [-0.1, -0.05) is 38.5 Å². The normalized spacial score (nSPS) is 15.0. The molecule has 0 aliphatic carbocycles. The van der Waals surface area contributed by atoms with Gasteiger partial charge in [-0.15, -0.1) is 0 Å². The number of hydrogen-bond donors (Lipinski definition) is 5. The van der Waals surface area contributed by atoms with Crippen molar-refractivity contribution in [1.29, 1.82) is 10.8 Å². The lowest BCUT2D eigenvalue weighted by Crippen LogP contribution is -2.39. The van der Waals surface area contributed by atoms with Gasteiger partial charge in [-0.3, -0.25) is 15.6 Å². The minimum Gasteiger partial charge on any atom is -0.370 e.